The first kappa shape index (κ1) is 12.2. The van der Waals surface area contributed by atoms with Crippen molar-refractivity contribution in [1.82, 2.24) is 0 Å². The van der Waals surface area contributed by atoms with Crippen LogP contribution < -0.4 is 0 Å². The molecule has 0 radical (unpaired) electrons. The molecular weight excluding hydrogens is 252 g/mol. The molecule has 1 N–H and O–H groups in total. The van der Waals surface area contributed by atoms with E-state index in [1.165, 1.54) is 6.08 Å². The maximum atomic E-state index is 11.5. The van der Waals surface area contributed by atoms with Crippen LogP contribution in [0.5, 0.6) is 5.75 Å². The lowest BCUT2D eigenvalue weighted by Gasteiger charge is -2.05. The summed E-state index contributed by atoms with van der Waals surface area (Å²) in [5.74, 6) is 0.329. The lowest BCUT2D eigenvalue weighted by molar-refractivity contribution is -0.132. The minimum Gasteiger partial charge on any atom is -0.508 e. The van der Waals surface area contributed by atoms with Gasteiger partial charge < -0.3 is 9.84 Å². The summed E-state index contributed by atoms with van der Waals surface area (Å²) in [6.45, 7) is 0. The normalized spacial score (nSPS) is 16.1. The predicted molar refractivity (Wildman–Crippen MR) is 76.6 cm³/mol. The van der Waals surface area contributed by atoms with E-state index in [1.54, 1.807) is 24.3 Å². The molecule has 2 aromatic carbocycles. The van der Waals surface area contributed by atoms with Gasteiger partial charge in [-0.3, -0.25) is 0 Å². The number of rotatable bonds is 2. The minimum atomic E-state index is -0.379. The van der Waals surface area contributed by atoms with Crippen molar-refractivity contribution in [3.63, 3.8) is 0 Å². The average Bonchev–Trinajstić information content (AvgIpc) is 2.81. The molecule has 1 aliphatic heterocycles. The summed E-state index contributed by atoms with van der Waals surface area (Å²) in [6, 6.07) is 16.3. The van der Waals surface area contributed by atoms with Crippen LogP contribution in [0.2, 0.25) is 0 Å². The molecule has 0 saturated carbocycles. The monoisotopic (exact) mass is 264 g/mol. The van der Waals surface area contributed by atoms with Crippen LogP contribution in [0, 0.1) is 0 Å². The number of carbonyl (C=O) groups is 1. The van der Waals surface area contributed by atoms with Crippen molar-refractivity contribution in [3.8, 4) is 5.75 Å². The molecule has 0 amide bonds. The quantitative estimate of drug-likeness (QED) is 0.846. The zero-order valence-corrected chi connectivity index (χ0v) is 10.6. The number of aromatic hydroxyl groups is 1. The molecule has 2 aromatic rings. The van der Waals surface area contributed by atoms with Crippen LogP contribution in [0.25, 0.3) is 11.6 Å². The van der Waals surface area contributed by atoms with Crippen molar-refractivity contribution in [1.29, 1.82) is 0 Å². The highest BCUT2D eigenvalue weighted by Crippen LogP contribution is 2.31. The Kier molecular flexibility index (Phi) is 3.09. The van der Waals surface area contributed by atoms with Gasteiger partial charge in [0.15, 0.2) is 0 Å². The van der Waals surface area contributed by atoms with Crippen molar-refractivity contribution in [2.45, 2.75) is 0 Å². The largest absolute Gasteiger partial charge is 0.508 e. The zero-order valence-electron chi connectivity index (χ0n) is 10.6. The zero-order chi connectivity index (χ0) is 13.9. The Bertz CT molecular complexity index is 695. The Morgan fingerprint density at radius 3 is 2.35 bits per heavy atom. The van der Waals surface area contributed by atoms with Gasteiger partial charge in [-0.2, -0.15) is 0 Å². The fourth-order valence-electron chi connectivity index (χ4n) is 2.06. The van der Waals surface area contributed by atoms with Crippen molar-refractivity contribution in [2.75, 3.05) is 0 Å². The van der Waals surface area contributed by atoms with E-state index in [2.05, 4.69) is 0 Å². The third-order valence-electron chi connectivity index (χ3n) is 3.01. The fourth-order valence-corrected chi connectivity index (χ4v) is 2.06. The first-order chi connectivity index (χ1) is 9.72. The number of cyclic esters (lactones) is 1. The summed E-state index contributed by atoms with van der Waals surface area (Å²) in [5.41, 5.74) is 2.51. The highest BCUT2D eigenvalue weighted by atomic mass is 16.5. The smallest absolute Gasteiger partial charge is 0.336 e. The summed E-state index contributed by atoms with van der Waals surface area (Å²) in [5, 5.41) is 9.32. The van der Waals surface area contributed by atoms with Crippen LogP contribution in [-0.4, -0.2) is 11.1 Å². The van der Waals surface area contributed by atoms with Gasteiger partial charge in [0.05, 0.1) is 0 Å². The Labute approximate surface area is 116 Å². The number of phenols is 1. The summed E-state index contributed by atoms with van der Waals surface area (Å²) >= 11 is 0. The van der Waals surface area contributed by atoms with E-state index < -0.39 is 0 Å². The van der Waals surface area contributed by atoms with Crippen LogP contribution in [-0.2, 0) is 9.53 Å². The van der Waals surface area contributed by atoms with E-state index in [1.807, 2.05) is 36.4 Å². The van der Waals surface area contributed by atoms with E-state index in [4.69, 9.17) is 4.74 Å². The lowest BCUT2D eigenvalue weighted by Crippen LogP contribution is -1.91. The molecule has 3 heteroatoms. The lowest BCUT2D eigenvalue weighted by atomic mass is 10.0. The Morgan fingerprint density at radius 2 is 1.65 bits per heavy atom. The maximum absolute atomic E-state index is 11.5. The van der Waals surface area contributed by atoms with Gasteiger partial charge in [-0.25, -0.2) is 4.79 Å². The summed E-state index contributed by atoms with van der Waals surface area (Å²) < 4.78 is 5.23. The molecule has 20 heavy (non-hydrogen) atoms. The molecule has 1 heterocycles. The van der Waals surface area contributed by atoms with Crippen molar-refractivity contribution >= 4 is 17.6 Å². The third kappa shape index (κ3) is 2.47. The highest BCUT2D eigenvalue weighted by Gasteiger charge is 2.21. The van der Waals surface area contributed by atoms with E-state index in [-0.39, 0.29) is 11.7 Å². The second-order valence-electron chi connectivity index (χ2n) is 4.45. The summed E-state index contributed by atoms with van der Waals surface area (Å²) in [4.78, 5) is 11.5. The molecule has 3 rings (SSSR count). The third-order valence-corrected chi connectivity index (χ3v) is 3.01. The van der Waals surface area contributed by atoms with Crippen LogP contribution in [0.1, 0.15) is 11.1 Å². The molecule has 0 unspecified atom stereocenters. The molecule has 0 fully saturated rings. The van der Waals surface area contributed by atoms with E-state index in [0.717, 1.165) is 16.7 Å². The van der Waals surface area contributed by atoms with Crippen molar-refractivity contribution in [3.05, 3.63) is 77.6 Å². The fraction of sp³-hybridized carbons (Fsp3) is 0. The predicted octanol–water partition coefficient (Wildman–Crippen LogP) is 3.37. The van der Waals surface area contributed by atoms with Gasteiger partial charge in [-0.05, 0) is 29.3 Å². The number of benzene rings is 2. The first-order valence-electron chi connectivity index (χ1n) is 6.22. The van der Waals surface area contributed by atoms with Gasteiger partial charge in [0, 0.05) is 11.6 Å². The molecule has 98 valence electrons. The SMILES string of the molecule is O=C1C=C(c2ccc(O)cc2)C(=Cc2ccccc2)O1. The van der Waals surface area contributed by atoms with Gasteiger partial charge in [0.2, 0.25) is 0 Å². The van der Waals surface area contributed by atoms with Crippen molar-refractivity contribution in [2.24, 2.45) is 0 Å². The first-order valence-corrected chi connectivity index (χ1v) is 6.22. The van der Waals surface area contributed by atoms with Crippen LogP contribution in [0.3, 0.4) is 0 Å². The van der Waals surface area contributed by atoms with Crippen molar-refractivity contribution < 1.29 is 14.6 Å². The number of allylic oxidation sites excluding steroid dienone is 1. The second-order valence-corrected chi connectivity index (χ2v) is 4.45. The second kappa shape index (κ2) is 5.05. The standard InChI is InChI=1S/C17H12O3/c18-14-8-6-13(7-9-14)15-11-17(19)20-16(15)10-12-4-2-1-3-5-12/h1-11,18H. The molecular formula is C17H12O3. The molecule has 0 aliphatic carbocycles. The van der Waals surface area contributed by atoms with Gasteiger partial charge >= 0.3 is 5.97 Å². The molecule has 0 saturated heterocycles. The molecule has 3 nitrogen and oxygen atoms in total. The summed E-state index contributed by atoms with van der Waals surface area (Å²) in [6.07, 6.45) is 3.28. The van der Waals surface area contributed by atoms with E-state index in [0.29, 0.717) is 5.76 Å². The molecule has 1 aliphatic rings. The Hall–Kier alpha value is -2.81. The molecule has 0 aromatic heterocycles. The Balaban J connectivity index is 2.00. The number of hydrogen-bond donors (Lipinski definition) is 1. The van der Waals surface area contributed by atoms with E-state index >= 15 is 0 Å². The van der Waals surface area contributed by atoms with Crippen LogP contribution in [0.4, 0.5) is 0 Å². The topological polar surface area (TPSA) is 46.5 Å². The Morgan fingerprint density at radius 1 is 0.950 bits per heavy atom. The minimum absolute atomic E-state index is 0.188. The van der Waals surface area contributed by atoms with E-state index in [9.17, 15) is 9.90 Å². The summed E-state index contributed by atoms with van der Waals surface area (Å²) in [7, 11) is 0. The number of esters is 1. The number of carbonyl (C=O) groups excluding carboxylic acids is 1. The number of hydrogen-bond acceptors (Lipinski definition) is 3. The van der Waals surface area contributed by atoms with Gasteiger partial charge in [-0.15, -0.1) is 0 Å². The maximum Gasteiger partial charge on any atom is 0.336 e. The number of ether oxygens (including phenoxy) is 1. The molecule has 0 atom stereocenters. The number of phenolic OH excluding ortho intramolecular Hbond substituents is 1. The molecule has 0 spiro atoms. The molecule has 0 bridgehead atoms. The highest BCUT2D eigenvalue weighted by molar-refractivity contribution is 6.03. The van der Waals surface area contributed by atoms with Gasteiger partial charge in [0.25, 0.3) is 0 Å². The van der Waals surface area contributed by atoms with Crippen LogP contribution in [0.15, 0.2) is 66.4 Å². The van der Waals surface area contributed by atoms with Gasteiger partial charge in [-0.1, -0.05) is 42.5 Å². The van der Waals surface area contributed by atoms with Crippen LogP contribution >= 0.6 is 0 Å². The average molecular weight is 264 g/mol. The van der Waals surface area contributed by atoms with Gasteiger partial charge in [0.1, 0.15) is 11.5 Å².